The topological polar surface area (TPSA) is 12.5 Å². The molecular weight excluding hydrogens is 438 g/mol. The minimum absolute atomic E-state index is 0.862. The first-order chi connectivity index (χ1) is 17.8. The number of rotatable bonds is 3. The summed E-state index contributed by atoms with van der Waals surface area (Å²) in [7, 11) is 0. The van der Waals surface area contributed by atoms with Crippen LogP contribution in [-0.2, 0) is 0 Å². The van der Waals surface area contributed by atoms with Crippen LogP contribution in [0.25, 0.3) is 33.0 Å². The van der Waals surface area contributed by atoms with E-state index < -0.39 is 0 Å². The number of ether oxygens (including phenoxy) is 1. The van der Waals surface area contributed by atoms with E-state index in [0.29, 0.717) is 0 Å². The molecule has 6 aromatic carbocycles. The summed E-state index contributed by atoms with van der Waals surface area (Å²) < 4.78 is 6.19. The Labute approximate surface area is 210 Å². The van der Waals surface area contributed by atoms with Crippen LogP contribution < -0.4 is 9.64 Å². The predicted molar refractivity (Wildman–Crippen MR) is 150 cm³/mol. The molecule has 1 aliphatic rings. The van der Waals surface area contributed by atoms with Crippen LogP contribution in [0, 0.1) is 0 Å². The number of nitrogens with zero attached hydrogens (tertiary/aromatic N) is 1. The number of benzene rings is 6. The molecule has 0 aliphatic carbocycles. The zero-order valence-corrected chi connectivity index (χ0v) is 19.6. The van der Waals surface area contributed by atoms with Gasteiger partial charge in [0.25, 0.3) is 0 Å². The highest BCUT2D eigenvalue weighted by atomic mass is 16.5. The Hall–Kier alpha value is -4.82. The number of fused-ring (bicyclic) bond motifs is 3. The molecule has 170 valence electrons. The molecule has 36 heavy (non-hydrogen) atoms. The van der Waals surface area contributed by atoms with E-state index in [0.717, 1.165) is 28.6 Å². The fraction of sp³-hybridized carbons (Fsp3) is 0. The second kappa shape index (κ2) is 8.44. The monoisotopic (exact) mass is 461 g/mol. The zero-order chi connectivity index (χ0) is 23.9. The molecule has 0 saturated heterocycles. The van der Waals surface area contributed by atoms with Crippen molar-refractivity contribution in [2.24, 2.45) is 0 Å². The molecule has 0 radical (unpaired) electrons. The molecule has 0 N–H and O–H groups in total. The Morgan fingerprint density at radius 2 is 0.889 bits per heavy atom. The van der Waals surface area contributed by atoms with Crippen molar-refractivity contribution in [3.8, 4) is 33.8 Å². The van der Waals surface area contributed by atoms with Gasteiger partial charge in [0.15, 0.2) is 11.5 Å². The van der Waals surface area contributed by atoms with Crippen LogP contribution in [0.3, 0.4) is 0 Å². The fourth-order valence-electron chi connectivity index (χ4n) is 5.11. The van der Waals surface area contributed by atoms with Crippen LogP contribution in [0.4, 0.5) is 17.1 Å². The zero-order valence-electron chi connectivity index (χ0n) is 19.6. The van der Waals surface area contributed by atoms with Crippen molar-refractivity contribution in [3.05, 3.63) is 140 Å². The average Bonchev–Trinajstić information content (AvgIpc) is 2.96. The van der Waals surface area contributed by atoms with Crippen molar-refractivity contribution in [3.63, 3.8) is 0 Å². The molecule has 2 heteroatoms. The van der Waals surface area contributed by atoms with Crippen LogP contribution in [0.2, 0.25) is 0 Å². The smallest absolute Gasteiger partial charge is 0.151 e. The van der Waals surface area contributed by atoms with Gasteiger partial charge < -0.3 is 9.64 Å². The van der Waals surface area contributed by atoms with Gasteiger partial charge in [0, 0.05) is 5.69 Å². The Morgan fingerprint density at radius 3 is 1.47 bits per heavy atom. The summed E-state index contributed by atoms with van der Waals surface area (Å²) in [4.78, 5) is 2.27. The molecule has 0 spiro atoms. The van der Waals surface area contributed by atoms with E-state index in [9.17, 15) is 0 Å². The Morgan fingerprint density at radius 1 is 0.417 bits per heavy atom. The first kappa shape index (κ1) is 20.5. The van der Waals surface area contributed by atoms with Gasteiger partial charge in [0.2, 0.25) is 0 Å². The predicted octanol–water partition coefficient (Wildman–Crippen LogP) is 9.75. The second-order valence-corrected chi connectivity index (χ2v) is 9.03. The van der Waals surface area contributed by atoms with E-state index in [1.807, 2.05) is 24.3 Å². The van der Waals surface area contributed by atoms with E-state index >= 15 is 0 Å². The van der Waals surface area contributed by atoms with E-state index in [1.54, 1.807) is 0 Å². The van der Waals surface area contributed by atoms with Gasteiger partial charge in [-0.25, -0.2) is 0 Å². The van der Waals surface area contributed by atoms with Crippen LogP contribution in [0.1, 0.15) is 0 Å². The molecule has 7 rings (SSSR count). The van der Waals surface area contributed by atoms with Crippen LogP contribution in [0.15, 0.2) is 140 Å². The summed E-state index contributed by atoms with van der Waals surface area (Å²) >= 11 is 0. The molecule has 0 unspecified atom stereocenters. The normalized spacial score (nSPS) is 12.1. The quantitative estimate of drug-likeness (QED) is 0.260. The minimum atomic E-state index is 0.862. The van der Waals surface area contributed by atoms with Crippen molar-refractivity contribution in [2.75, 3.05) is 4.90 Å². The van der Waals surface area contributed by atoms with Gasteiger partial charge in [0.1, 0.15) is 0 Å². The SMILES string of the molecule is c1ccc(-c2cc3ccccc3cc2-c2ccc(N3c4ccccc4Oc4ccccc43)cc2)cc1. The average molecular weight is 462 g/mol. The molecule has 0 aromatic heterocycles. The maximum atomic E-state index is 6.19. The highest BCUT2D eigenvalue weighted by Gasteiger charge is 2.25. The summed E-state index contributed by atoms with van der Waals surface area (Å²) in [5.74, 6) is 1.72. The lowest BCUT2D eigenvalue weighted by Gasteiger charge is -2.32. The van der Waals surface area contributed by atoms with Crippen molar-refractivity contribution in [1.29, 1.82) is 0 Å². The highest BCUT2D eigenvalue weighted by molar-refractivity contribution is 5.97. The second-order valence-electron chi connectivity index (χ2n) is 9.03. The molecule has 0 bridgehead atoms. The molecule has 6 aromatic rings. The van der Waals surface area contributed by atoms with Crippen molar-refractivity contribution >= 4 is 27.8 Å². The Balaban J connectivity index is 1.37. The number of para-hydroxylation sites is 4. The highest BCUT2D eigenvalue weighted by Crippen LogP contribution is 2.50. The lowest BCUT2D eigenvalue weighted by molar-refractivity contribution is 0.477. The molecule has 1 heterocycles. The van der Waals surface area contributed by atoms with Gasteiger partial charge in [0.05, 0.1) is 11.4 Å². The molecule has 0 atom stereocenters. The van der Waals surface area contributed by atoms with Gasteiger partial charge in [-0.1, -0.05) is 91.0 Å². The van der Waals surface area contributed by atoms with E-state index in [2.05, 4.69) is 120 Å². The summed E-state index contributed by atoms with van der Waals surface area (Å²) in [6.07, 6.45) is 0. The largest absolute Gasteiger partial charge is 0.453 e. The summed E-state index contributed by atoms with van der Waals surface area (Å²) in [6, 6.07) is 49.1. The number of anilines is 3. The summed E-state index contributed by atoms with van der Waals surface area (Å²) in [5.41, 5.74) is 8.07. The third kappa shape index (κ3) is 3.43. The molecular formula is C34H23NO. The van der Waals surface area contributed by atoms with Crippen molar-refractivity contribution < 1.29 is 4.74 Å². The maximum Gasteiger partial charge on any atom is 0.151 e. The number of hydrogen-bond acceptors (Lipinski definition) is 2. The van der Waals surface area contributed by atoms with E-state index in [4.69, 9.17) is 4.74 Å². The van der Waals surface area contributed by atoms with Gasteiger partial charge >= 0.3 is 0 Å². The third-order valence-electron chi connectivity index (χ3n) is 6.84. The van der Waals surface area contributed by atoms with Crippen LogP contribution >= 0.6 is 0 Å². The fourth-order valence-corrected chi connectivity index (χ4v) is 5.11. The number of hydrogen-bond donors (Lipinski definition) is 0. The van der Waals surface area contributed by atoms with Gasteiger partial charge in [-0.05, 0) is 81.6 Å². The molecule has 0 saturated carbocycles. The lowest BCUT2D eigenvalue weighted by Crippen LogP contribution is -2.15. The maximum absolute atomic E-state index is 6.19. The van der Waals surface area contributed by atoms with Gasteiger partial charge in [-0.3, -0.25) is 0 Å². The van der Waals surface area contributed by atoms with Crippen molar-refractivity contribution in [1.82, 2.24) is 0 Å². The Bertz CT molecular complexity index is 1660. The Kier molecular flexibility index (Phi) is 4.82. The first-order valence-electron chi connectivity index (χ1n) is 12.2. The first-order valence-corrected chi connectivity index (χ1v) is 12.2. The van der Waals surface area contributed by atoms with Crippen LogP contribution in [0.5, 0.6) is 11.5 Å². The van der Waals surface area contributed by atoms with E-state index in [1.165, 1.54) is 33.0 Å². The summed E-state index contributed by atoms with van der Waals surface area (Å²) in [6.45, 7) is 0. The van der Waals surface area contributed by atoms with E-state index in [-0.39, 0.29) is 0 Å². The molecule has 0 fully saturated rings. The molecule has 0 amide bonds. The minimum Gasteiger partial charge on any atom is -0.453 e. The lowest BCUT2D eigenvalue weighted by atomic mass is 9.91. The third-order valence-corrected chi connectivity index (χ3v) is 6.84. The standard InChI is InChI=1S/C34H23NO/c1-2-10-24(11-3-1)29-22-26-12-4-5-13-27(26)23-30(29)25-18-20-28(21-19-25)35-31-14-6-8-16-33(31)36-34-17-9-7-15-32(34)35/h1-23H. The van der Waals surface area contributed by atoms with Gasteiger partial charge in [-0.15, -0.1) is 0 Å². The molecule has 1 aliphatic heterocycles. The van der Waals surface area contributed by atoms with Gasteiger partial charge in [-0.2, -0.15) is 0 Å². The summed E-state index contributed by atoms with van der Waals surface area (Å²) in [5, 5.41) is 2.49. The molecule has 2 nitrogen and oxygen atoms in total. The van der Waals surface area contributed by atoms with Crippen molar-refractivity contribution in [2.45, 2.75) is 0 Å². The van der Waals surface area contributed by atoms with Crippen LogP contribution in [-0.4, -0.2) is 0 Å².